The minimum absolute atomic E-state index is 0.204. The number of piperidine rings is 1. The second-order valence-electron chi connectivity index (χ2n) is 7.15. The highest BCUT2D eigenvalue weighted by molar-refractivity contribution is 5.86. The van der Waals surface area contributed by atoms with E-state index in [1.165, 1.54) is 24.8 Å². The topological polar surface area (TPSA) is 41.1 Å². The van der Waals surface area contributed by atoms with Gasteiger partial charge in [0.1, 0.15) is 0 Å². The van der Waals surface area contributed by atoms with Crippen LogP contribution in [0.2, 0.25) is 0 Å². The van der Waals surface area contributed by atoms with Crippen molar-refractivity contribution in [1.29, 1.82) is 0 Å². The Labute approximate surface area is 133 Å². The molecule has 2 fully saturated rings. The number of hydrogen-bond donors (Lipinski definition) is 2. The van der Waals surface area contributed by atoms with Crippen molar-refractivity contribution in [3.05, 3.63) is 35.9 Å². The monoisotopic (exact) mass is 300 g/mol. The summed E-state index contributed by atoms with van der Waals surface area (Å²) in [6.45, 7) is 3.02. The Bertz CT molecular complexity index is 485. The standard InChI is InChI=1S/C19H28N2O/c1-19(13-5-6-14-20-19)18(22)21-17-11-9-16(10-12-17)15-7-3-2-4-8-15/h2-4,7-8,16-17,20H,5-6,9-14H2,1H3,(H,21,22). The van der Waals surface area contributed by atoms with Gasteiger partial charge in [-0.2, -0.15) is 0 Å². The second-order valence-corrected chi connectivity index (χ2v) is 7.15. The summed E-state index contributed by atoms with van der Waals surface area (Å²) in [7, 11) is 0. The van der Waals surface area contributed by atoms with E-state index in [2.05, 4.69) is 47.9 Å². The maximum Gasteiger partial charge on any atom is 0.240 e. The van der Waals surface area contributed by atoms with Crippen LogP contribution in [0.5, 0.6) is 0 Å². The number of hydrogen-bond acceptors (Lipinski definition) is 2. The lowest BCUT2D eigenvalue weighted by Gasteiger charge is -2.36. The van der Waals surface area contributed by atoms with Crippen LogP contribution in [0, 0.1) is 0 Å². The minimum atomic E-state index is -0.353. The van der Waals surface area contributed by atoms with Crippen molar-refractivity contribution in [3.63, 3.8) is 0 Å². The Hall–Kier alpha value is -1.35. The highest BCUT2D eigenvalue weighted by Crippen LogP contribution is 2.33. The number of carbonyl (C=O) groups is 1. The molecular weight excluding hydrogens is 272 g/mol. The molecule has 1 unspecified atom stereocenters. The number of rotatable bonds is 3. The Morgan fingerprint density at radius 2 is 1.86 bits per heavy atom. The molecule has 0 radical (unpaired) electrons. The molecule has 3 nitrogen and oxygen atoms in total. The Kier molecular flexibility index (Phi) is 4.82. The predicted octanol–water partition coefficient (Wildman–Crippen LogP) is 3.36. The van der Waals surface area contributed by atoms with Gasteiger partial charge in [-0.15, -0.1) is 0 Å². The summed E-state index contributed by atoms with van der Waals surface area (Å²) < 4.78 is 0. The molecule has 3 rings (SSSR count). The van der Waals surface area contributed by atoms with Gasteiger partial charge in [0.25, 0.3) is 0 Å². The van der Waals surface area contributed by atoms with Crippen molar-refractivity contribution in [2.24, 2.45) is 0 Å². The Balaban J connectivity index is 1.50. The molecular formula is C19H28N2O. The van der Waals surface area contributed by atoms with Gasteiger partial charge in [0, 0.05) is 6.04 Å². The Morgan fingerprint density at radius 1 is 1.14 bits per heavy atom. The van der Waals surface area contributed by atoms with Crippen LogP contribution in [-0.4, -0.2) is 24.0 Å². The molecule has 1 aliphatic carbocycles. The lowest BCUT2D eigenvalue weighted by Crippen LogP contribution is -2.58. The molecule has 120 valence electrons. The van der Waals surface area contributed by atoms with Gasteiger partial charge in [-0.3, -0.25) is 4.79 Å². The maximum atomic E-state index is 12.6. The quantitative estimate of drug-likeness (QED) is 0.898. The highest BCUT2D eigenvalue weighted by Gasteiger charge is 2.35. The number of amides is 1. The average molecular weight is 300 g/mol. The summed E-state index contributed by atoms with van der Waals surface area (Å²) in [4.78, 5) is 12.6. The van der Waals surface area contributed by atoms with Gasteiger partial charge < -0.3 is 10.6 Å². The van der Waals surface area contributed by atoms with Crippen molar-refractivity contribution in [3.8, 4) is 0 Å². The molecule has 1 aromatic carbocycles. The summed E-state index contributed by atoms with van der Waals surface area (Å²) in [5.74, 6) is 0.869. The lowest BCUT2D eigenvalue weighted by molar-refractivity contribution is -0.128. The zero-order valence-electron chi connectivity index (χ0n) is 13.6. The van der Waals surface area contributed by atoms with Gasteiger partial charge in [0.2, 0.25) is 5.91 Å². The molecule has 1 saturated heterocycles. The first kappa shape index (κ1) is 15.5. The van der Waals surface area contributed by atoms with Crippen LogP contribution in [0.1, 0.15) is 63.4 Å². The van der Waals surface area contributed by atoms with E-state index in [1.807, 2.05) is 0 Å². The van der Waals surface area contributed by atoms with Gasteiger partial charge in [0.15, 0.2) is 0 Å². The van der Waals surface area contributed by atoms with E-state index in [9.17, 15) is 4.79 Å². The molecule has 0 bridgehead atoms. The maximum absolute atomic E-state index is 12.6. The van der Waals surface area contributed by atoms with Crippen LogP contribution >= 0.6 is 0 Å². The van der Waals surface area contributed by atoms with Crippen LogP contribution in [0.15, 0.2) is 30.3 Å². The van der Waals surface area contributed by atoms with E-state index in [-0.39, 0.29) is 11.4 Å². The largest absolute Gasteiger partial charge is 0.352 e. The van der Waals surface area contributed by atoms with Gasteiger partial charge in [-0.25, -0.2) is 0 Å². The van der Waals surface area contributed by atoms with E-state index in [0.29, 0.717) is 12.0 Å². The van der Waals surface area contributed by atoms with Crippen LogP contribution in [0.4, 0.5) is 0 Å². The van der Waals surface area contributed by atoms with Crippen molar-refractivity contribution in [1.82, 2.24) is 10.6 Å². The van der Waals surface area contributed by atoms with Crippen molar-refractivity contribution >= 4 is 5.91 Å². The fourth-order valence-corrected chi connectivity index (χ4v) is 3.89. The third-order valence-electron chi connectivity index (χ3n) is 5.45. The Morgan fingerprint density at radius 3 is 2.50 bits per heavy atom. The number of carbonyl (C=O) groups excluding carboxylic acids is 1. The van der Waals surface area contributed by atoms with Gasteiger partial charge >= 0.3 is 0 Å². The fourth-order valence-electron chi connectivity index (χ4n) is 3.89. The summed E-state index contributed by atoms with van der Waals surface area (Å²) in [5.41, 5.74) is 1.10. The molecule has 1 aliphatic heterocycles. The van der Waals surface area contributed by atoms with E-state index in [4.69, 9.17) is 0 Å². The molecule has 1 aromatic rings. The fraction of sp³-hybridized carbons (Fsp3) is 0.632. The van der Waals surface area contributed by atoms with Crippen LogP contribution in [0.3, 0.4) is 0 Å². The first-order valence-electron chi connectivity index (χ1n) is 8.78. The van der Waals surface area contributed by atoms with Gasteiger partial charge in [0.05, 0.1) is 5.54 Å². The molecule has 0 spiro atoms. The summed E-state index contributed by atoms with van der Waals surface area (Å²) in [6, 6.07) is 11.1. The third kappa shape index (κ3) is 3.52. The predicted molar refractivity (Wildman–Crippen MR) is 89.8 cm³/mol. The second kappa shape index (κ2) is 6.82. The molecule has 2 N–H and O–H groups in total. The SMILES string of the molecule is CC1(C(=O)NC2CCC(c3ccccc3)CC2)CCCCN1. The van der Waals surface area contributed by atoms with Gasteiger partial charge in [-0.1, -0.05) is 30.3 Å². The first-order chi connectivity index (χ1) is 10.7. The number of benzene rings is 1. The minimum Gasteiger partial charge on any atom is -0.352 e. The van der Waals surface area contributed by atoms with E-state index in [1.54, 1.807) is 0 Å². The van der Waals surface area contributed by atoms with E-state index < -0.39 is 0 Å². The molecule has 1 atom stereocenters. The summed E-state index contributed by atoms with van der Waals surface area (Å²) >= 11 is 0. The molecule has 1 heterocycles. The molecule has 1 saturated carbocycles. The van der Waals surface area contributed by atoms with Crippen molar-refractivity contribution < 1.29 is 4.79 Å². The summed E-state index contributed by atoms with van der Waals surface area (Å²) in [6.07, 6.45) is 7.85. The van der Waals surface area contributed by atoms with E-state index >= 15 is 0 Å². The van der Waals surface area contributed by atoms with Crippen LogP contribution in [0.25, 0.3) is 0 Å². The molecule has 2 aliphatic rings. The molecule has 1 amide bonds. The summed E-state index contributed by atoms with van der Waals surface area (Å²) in [5, 5.41) is 6.71. The van der Waals surface area contributed by atoms with Gasteiger partial charge in [-0.05, 0) is 69.9 Å². The zero-order chi connectivity index (χ0) is 15.4. The van der Waals surface area contributed by atoms with Crippen LogP contribution in [-0.2, 0) is 4.79 Å². The molecule has 22 heavy (non-hydrogen) atoms. The average Bonchev–Trinajstić information content (AvgIpc) is 2.57. The zero-order valence-corrected chi connectivity index (χ0v) is 13.6. The smallest absolute Gasteiger partial charge is 0.240 e. The molecule has 3 heteroatoms. The lowest BCUT2D eigenvalue weighted by atomic mass is 9.81. The van der Waals surface area contributed by atoms with Crippen LogP contribution < -0.4 is 10.6 Å². The first-order valence-corrected chi connectivity index (χ1v) is 8.78. The normalized spacial score (nSPS) is 32.4. The van der Waals surface area contributed by atoms with Crippen molar-refractivity contribution in [2.45, 2.75) is 69.4 Å². The van der Waals surface area contributed by atoms with Crippen molar-refractivity contribution in [2.75, 3.05) is 6.54 Å². The molecule has 0 aromatic heterocycles. The highest BCUT2D eigenvalue weighted by atomic mass is 16.2. The van der Waals surface area contributed by atoms with E-state index in [0.717, 1.165) is 32.2 Å². The third-order valence-corrected chi connectivity index (χ3v) is 5.45. The number of nitrogens with one attached hydrogen (secondary N) is 2.